The fourth-order valence-corrected chi connectivity index (χ4v) is 6.86. The van der Waals surface area contributed by atoms with Crippen molar-refractivity contribution in [3.8, 4) is 0 Å². The summed E-state index contributed by atoms with van der Waals surface area (Å²) in [4.78, 5) is 17.3. The summed E-state index contributed by atoms with van der Waals surface area (Å²) in [5.74, 6) is 1.96. The van der Waals surface area contributed by atoms with Crippen molar-refractivity contribution >= 4 is 27.5 Å². The zero-order valence-corrected chi connectivity index (χ0v) is 17.7. The number of sulfonamides is 1. The Labute approximate surface area is 173 Å². The second-order valence-electron chi connectivity index (χ2n) is 8.97. The quantitative estimate of drug-likeness (QED) is 0.699. The number of carbonyl (C=O) groups is 1. The van der Waals surface area contributed by atoms with Gasteiger partial charge < -0.3 is 9.80 Å². The van der Waals surface area contributed by atoms with E-state index in [0.717, 1.165) is 51.2 Å². The number of piperidine rings is 1. The normalized spacial score (nSPS) is 28.5. The minimum atomic E-state index is -3.76. The Kier molecular flexibility index (Phi) is 4.88. The van der Waals surface area contributed by atoms with Gasteiger partial charge in [0.2, 0.25) is 0 Å². The smallest absolute Gasteiger partial charge is 0.286 e. The maximum atomic E-state index is 13.2. The number of likely N-dealkylation sites (tertiary alicyclic amines) is 1. The van der Waals surface area contributed by atoms with Crippen molar-refractivity contribution in [2.75, 3.05) is 24.5 Å². The number of carbonyl (C=O) groups excluding carboxylic acids is 1. The number of fused-ring (bicyclic) bond motifs is 4. The molecule has 0 spiro atoms. The molecule has 0 radical (unpaired) electrons. The molecule has 2 saturated heterocycles. The van der Waals surface area contributed by atoms with E-state index in [1.54, 1.807) is 12.1 Å². The van der Waals surface area contributed by atoms with Crippen LogP contribution in [0.4, 0.5) is 5.69 Å². The Balaban J connectivity index is 1.43. The Bertz CT molecular complexity index is 956. The van der Waals surface area contributed by atoms with Crippen molar-refractivity contribution in [2.24, 2.45) is 16.2 Å². The SMILES string of the molecule is O=C(c1ccc2c(c1)S(=O)(=O)N=C1CCCCCN12)N1CC[C@H]2CCCC[C@H]2C1. The van der Waals surface area contributed by atoms with Crippen LogP contribution in [0.2, 0.25) is 0 Å². The van der Waals surface area contributed by atoms with Gasteiger partial charge in [-0.05, 0) is 55.7 Å². The molecule has 2 atom stereocenters. The second-order valence-corrected chi connectivity index (χ2v) is 10.5. The lowest BCUT2D eigenvalue weighted by molar-refractivity contribution is 0.0520. The van der Waals surface area contributed by atoms with Crippen molar-refractivity contribution in [3.05, 3.63) is 23.8 Å². The van der Waals surface area contributed by atoms with Crippen molar-refractivity contribution in [2.45, 2.75) is 62.7 Å². The van der Waals surface area contributed by atoms with Gasteiger partial charge in [0, 0.05) is 31.6 Å². The van der Waals surface area contributed by atoms with E-state index in [-0.39, 0.29) is 10.8 Å². The first-order valence-electron chi connectivity index (χ1n) is 11.1. The van der Waals surface area contributed by atoms with Crippen molar-refractivity contribution < 1.29 is 13.2 Å². The molecular weight excluding hydrogens is 386 g/mol. The van der Waals surface area contributed by atoms with E-state index in [2.05, 4.69) is 4.40 Å². The second kappa shape index (κ2) is 7.42. The number of amides is 1. The van der Waals surface area contributed by atoms with Gasteiger partial charge in [-0.25, -0.2) is 0 Å². The van der Waals surface area contributed by atoms with Crippen molar-refractivity contribution in [3.63, 3.8) is 0 Å². The number of anilines is 1. The van der Waals surface area contributed by atoms with Gasteiger partial charge in [0.15, 0.2) is 0 Å². The fraction of sp³-hybridized carbons (Fsp3) is 0.636. The van der Waals surface area contributed by atoms with Crippen LogP contribution in [0, 0.1) is 11.8 Å². The van der Waals surface area contributed by atoms with Crippen LogP contribution in [0.25, 0.3) is 0 Å². The number of hydrogen-bond donors (Lipinski definition) is 0. The highest BCUT2D eigenvalue weighted by atomic mass is 32.2. The zero-order chi connectivity index (χ0) is 20.0. The molecule has 3 aliphatic heterocycles. The molecule has 1 aromatic carbocycles. The Morgan fingerprint density at radius 1 is 0.966 bits per heavy atom. The van der Waals surface area contributed by atoms with E-state index in [0.29, 0.717) is 29.4 Å². The van der Waals surface area contributed by atoms with Crippen LogP contribution >= 0.6 is 0 Å². The van der Waals surface area contributed by atoms with E-state index < -0.39 is 10.0 Å². The summed E-state index contributed by atoms with van der Waals surface area (Å²) in [5.41, 5.74) is 1.15. The number of rotatable bonds is 1. The summed E-state index contributed by atoms with van der Waals surface area (Å²) >= 11 is 0. The first kappa shape index (κ1) is 19.1. The lowest BCUT2D eigenvalue weighted by atomic mass is 9.75. The third-order valence-corrected chi connectivity index (χ3v) is 8.51. The lowest BCUT2D eigenvalue weighted by Gasteiger charge is -2.41. The van der Waals surface area contributed by atoms with Crippen LogP contribution < -0.4 is 4.90 Å². The molecule has 3 heterocycles. The van der Waals surface area contributed by atoms with E-state index in [1.807, 2.05) is 15.9 Å². The van der Waals surface area contributed by atoms with E-state index >= 15 is 0 Å². The molecule has 29 heavy (non-hydrogen) atoms. The molecule has 1 aromatic rings. The van der Waals surface area contributed by atoms with Gasteiger partial charge >= 0.3 is 0 Å². The highest BCUT2D eigenvalue weighted by Gasteiger charge is 2.35. The minimum Gasteiger partial charge on any atom is -0.338 e. The highest BCUT2D eigenvalue weighted by molar-refractivity contribution is 7.90. The summed E-state index contributed by atoms with van der Waals surface area (Å²) in [6.07, 6.45) is 9.91. The highest BCUT2D eigenvalue weighted by Crippen LogP contribution is 2.38. The zero-order valence-electron chi connectivity index (χ0n) is 16.8. The summed E-state index contributed by atoms with van der Waals surface area (Å²) in [6.45, 7) is 2.36. The van der Waals surface area contributed by atoms with Gasteiger partial charge in [-0.1, -0.05) is 25.7 Å². The average molecular weight is 416 g/mol. The van der Waals surface area contributed by atoms with Gasteiger partial charge in [0.1, 0.15) is 10.7 Å². The number of amidine groups is 1. The predicted molar refractivity (Wildman–Crippen MR) is 113 cm³/mol. The molecule has 1 aliphatic carbocycles. The first-order chi connectivity index (χ1) is 14.0. The first-order valence-corrected chi connectivity index (χ1v) is 12.5. The monoisotopic (exact) mass is 415 g/mol. The molecule has 1 saturated carbocycles. The van der Waals surface area contributed by atoms with Crippen molar-refractivity contribution in [1.29, 1.82) is 0 Å². The Morgan fingerprint density at radius 3 is 2.66 bits per heavy atom. The van der Waals surface area contributed by atoms with E-state index in [9.17, 15) is 13.2 Å². The molecule has 156 valence electrons. The molecular formula is C22H29N3O3S. The van der Waals surface area contributed by atoms with E-state index in [1.165, 1.54) is 25.7 Å². The predicted octanol–water partition coefficient (Wildman–Crippen LogP) is 3.82. The van der Waals surface area contributed by atoms with Gasteiger partial charge in [-0.2, -0.15) is 8.42 Å². The van der Waals surface area contributed by atoms with Gasteiger partial charge in [0.05, 0.1) is 5.69 Å². The van der Waals surface area contributed by atoms with Gasteiger partial charge in [0.25, 0.3) is 15.9 Å². The summed E-state index contributed by atoms with van der Waals surface area (Å²) in [6, 6.07) is 5.18. The molecule has 0 bridgehead atoms. The van der Waals surface area contributed by atoms with Crippen molar-refractivity contribution in [1.82, 2.24) is 4.90 Å². The van der Waals surface area contributed by atoms with Gasteiger partial charge in [-0.15, -0.1) is 4.40 Å². The average Bonchev–Trinajstić information content (AvgIpc) is 2.97. The molecule has 3 fully saturated rings. The minimum absolute atomic E-state index is 0.0438. The molecule has 4 aliphatic rings. The summed E-state index contributed by atoms with van der Waals surface area (Å²) in [5, 5.41) is 0. The Morgan fingerprint density at radius 2 is 1.79 bits per heavy atom. The topological polar surface area (TPSA) is 70.0 Å². The number of benzene rings is 1. The third-order valence-electron chi connectivity index (χ3n) is 7.17. The summed E-state index contributed by atoms with van der Waals surface area (Å²) in [7, 11) is -3.76. The fourth-order valence-electron chi connectivity index (χ4n) is 5.58. The van der Waals surface area contributed by atoms with Crippen LogP contribution in [0.1, 0.15) is 68.1 Å². The van der Waals surface area contributed by atoms with Crippen LogP contribution in [-0.4, -0.2) is 44.7 Å². The maximum Gasteiger partial charge on any atom is 0.286 e. The molecule has 5 rings (SSSR count). The summed E-state index contributed by atoms with van der Waals surface area (Å²) < 4.78 is 29.8. The third kappa shape index (κ3) is 3.47. The molecule has 6 nitrogen and oxygen atoms in total. The molecule has 0 N–H and O–H groups in total. The largest absolute Gasteiger partial charge is 0.338 e. The molecule has 7 heteroatoms. The van der Waals surface area contributed by atoms with Crippen LogP contribution in [0.3, 0.4) is 0 Å². The Hall–Kier alpha value is -1.89. The lowest BCUT2D eigenvalue weighted by Crippen LogP contribution is -2.44. The maximum absolute atomic E-state index is 13.2. The molecule has 0 aromatic heterocycles. The molecule has 1 amide bonds. The standard InChI is InChI=1S/C22H29N3O3S/c26-22(24-13-11-16-6-3-4-7-18(16)15-24)17-9-10-19-20(14-17)29(27,28)23-21-8-2-1-5-12-25(19)21/h9-10,14,16,18H,1-8,11-13,15H2/t16-,18+/m1/s1. The number of nitrogens with zero attached hydrogens (tertiary/aromatic N) is 3. The van der Waals surface area contributed by atoms with E-state index in [4.69, 9.17) is 0 Å². The van der Waals surface area contributed by atoms with Gasteiger partial charge in [-0.3, -0.25) is 4.79 Å². The van der Waals surface area contributed by atoms with Crippen LogP contribution in [0.5, 0.6) is 0 Å². The van der Waals surface area contributed by atoms with Crippen LogP contribution in [0.15, 0.2) is 27.5 Å². The molecule has 0 unspecified atom stereocenters. The number of hydrogen-bond acceptors (Lipinski definition) is 4. The van der Waals surface area contributed by atoms with Crippen LogP contribution in [-0.2, 0) is 10.0 Å².